The molecule has 3 rings (SSSR count). The number of hydrogen-bond donors (Lipinski definition) is 1. The van der Waals surface area contributed by atoms with Gasteiger partial charge < -0.3 is 5.73 Å². The van der Waals surface area contributed by atoms with E-state index in [0.717, 1.165) is 22.3 Å². The Hall–Kier alpha value is -2.32. The van der Waals surface area contributed by atoms with Crippen molar-refractivity contribution in [1.82, 2.24) is 0 Å². The SMILES string of the molecule is NC(=NN=Cc1cccc2scc(C(F)(F)F)c12)SCc1ccccc1. The van der Waals surface area contributed by atoms with Crippen LogP contribution in [0.3, 0.4) is 0 Å². The molecular weight excluding hydrogens is 379 g/mol. The molecule has 0 aliphatic heterocycles. The van der Waals surface area contributed by atoms with Gasteiger partial charge in [0.05, 0.1) is 11.8 Å². The number of nitrogens with zero attached hydrogens (tertiary/aromatic N) is 2. The number of nitrogens with two attached hydrogens (primary N) is 1. The van der Waals surface area contributed by atoms with E-state index < -0.39 is 11.7 Å². The number of halogens is 3. The maximum absolute atomic E-state index is 13.2. The van der Waals surface area contributed by atoms with Gasteiger partial charge in [-0.15, -0.1) is 16.4 Å². The summed E-state index contributed by atoms with van der Waals surface area (Å²) in [7, 11) is 0. The smallest absolute Gasteiger partial charge is 0.377 e. The molecule has 0 bridgehead atoms. The fourth-order valence-corrected chi connectivity index (χ4v) is 3.95. The van der Waals surface area contributed by atoms with E-state index in [1.165, 1.54) is 18.0 Å². The van der Waals surface area contributed by atoms with Gasteiger partial charge in [0, 0.05) is 26.8 Å². The van der Waals surface area contributed by atoms with Gasteiger partial charge in [-0.25, -0.2) is 0 Å². The molecule has 0 unspecified atom stereocenters. The number of thiophene rings is 1. The van der Waals surface area contributed by atoms with Crippen molar-refractivity contribution in [2.45, 2.75) is 11.9 Å². The Kier molecular flexibility index (Phi) is 5.63. The fraction of sp³-hybridized carbons (Fsp3) is 0.111. The van der Waals surface area contributed by atoms with Gasteiger partial charge in [0.2, 0.25) is 0 Å². The summed E-state index contributed by atoms with van der Waals surface area (Å²) in [6.07, 6.45) is -3.10. The van der Waals surface area contributed by atoms with E-state index in [1.807, 2.05) is 30.3 Å². The van der Waals surface area contributed by atoms with Crippen molar-refractivity contribution >= 4 is 44.6 Å². The second kappa shape index (κ2) is 7.92. The summed E-state index contributed by atoms with van der Waals surface area (Å²) in [4.78, 5) is 0. The summed E-state index contributed by atoms with van der Waals surface area (Å²) in [6, 6.07) is 14.7. The minimum absolute atomic E-state index is 0.138. The average Bonchev–Trinajstić information content (AvgIpc) is 3.06. The minimum atomic E-state index is -4.41. The van der Waals surface area contributed by atoms with E-state index in [-0.39, 0.29) is 10.6 Å². The number of thioether (sulfide) groups is 1. The largest absolute Gasteiger partial charge is 0.417 e. The molecule has 0 atom stereocenters. The molecule has 3 aromatic rings. The third-order valence-electron chi connectivity index (χ3n) is 3.52. The lowest BCUT2D eigenvalue weighted by Gasteiger charge is -2.06. The number of alkyl halides is 3. The molecule has 0 fully saturated rings. The van der Waals surface area contributed by atoms with E-state index in [2.05, 4.69) is 10.2 Å². The van der Waals surface area contributed by atoms with Crippen LogP contribution in [-0.2, 0) is 11.9 Å². The maximum atomic E-state index is 13.2. The van der Waals surface area contributed by atoms with E-state index in [1.54, 1.807) is 18.2 Å². The van der Waals surface area contributed by atoms with E-state index >= 15 is 0 Å². The van der Waals surface area contributed by atoms with Crippen LogP contribution in [0.25, 0.3) is 10.1 Å². The summed E-state index contributed by atoms with van der Waals surface area (Å²) < 4.78 is 40.0. The van der Waals surface area contributed by atoms with Crippen molar-refractivity contribution in [3.05, 3.63) is 70.6 Å². The highest BCUT2D eigenvalue weighted by molar-refractivity contribution is 8.13. The molecule has 0 aliphatic carbocycles. The Balaban J connectivity index is 1.77. The second-order valence-electron chi connectivity index (χ2n) is 5.32. The van der Waals surface area contributed by atoms with Crippen LogP contribution in [0.15, 0.2) is 64.1 Å². The number of hydrogen-bond acceptors (Lipinski definition) is 4. The van der Waals surface area contributed by atoms with Gasteiger partial charge in [-0.1, -0.05) is 54.2 Å². The van der Waals surface area contributed by atoms with Gasteiger partial charge in [0.15, 0.2) is 5.17 Å². The first-order valence-corrected chi connectivity index (χ1v) is 9.42. The van der Waals surface area contributed by atoms with Crippen LogP contribution < -0.4 is 5.73 Å². The van der Waals surface area contributed by atoms with E-state index in [9.17, 15) is 13.2 Å². The molecule has 26 heavy (non-hydrogen) atoms. The van der Waals surface area contributed by atoms with E-state index in [4.69, 9.17) is 5.73 Å². The highest BCUT2D eigenvalue weighted by Gasteiger charge is 2.34. The normalized spacial score (nSPS) is 13.0. The zero-order chi connectivity index (χ0) is 18.6. The molecule has 0 saturated heterocycles. The molecule has 1 heterocycles. The monoisotopic (exact) mass is 393 g/mol. The zero-order valence-corrected chi connectivity index (χ0v) is 15.0. The van der Waals surface area contributed by atoms with Crippen molar-refractivity contribution < 1.29 is 13.2 Å². The molecule has 3 nitrogen and oxygen atoms in total. The first-order chi connectivity index (χ1) is 12.4. The second-order valence-corrected chi connectivity index (χ2v) is 7.23. The molecule has 0 spiro atoms. The lowest BCUT2D eigenvalue weighted by atomic mass is 10.1. The van der Waals surface area contributed by atoms with Crippen LogP contribution in [0.2, 0.25) is 0 Å². The fourth-order valence-electron chi connectivity index (χ4n) is 2.34. The summed E-state index contributed by atoms with van der Waals surface area (Å²) >= 11 is 2.37. The van der Waals surface area contributed by atoms with Gasteiger partial charge in [0.25, 0.3) is 0 Å². The van der Waals surface area contributed by atoms with Crippen molar-refractivity contribution in [3.8, 4) is 0 Å². The molecule has 134 valence electrons. The van der Waals surface area contributed by atoms with Gasteiger partial charge in [-0.3, -0.25) is 0 Å². The summed E-state index contributed by atoms with van der Waals surface area (Å²) in [5, 5.41) is 9.24. The molecule has 2 N–H and O–H groups in total. The van der Waals surface area contributed by atoms with Gasteiger partial charge in [-0.2, -0.15) is 18.3 Å². The van der Waals surface area contributed by atoms with Gasteiger partial charge in [0.1, 0.15) is 0 Å². The zero-order valence-electron chi connectivity index (χ0n) is 13.4. The Morgan fingerprint density at radius 3 is 2.62 bits per heavy atom. The Bertz CT molecular complexity index is 947. The molecule has 0 radical (unpaired) electrons. The van der Waals surface area contributed by atoms with E-state index in [0.29, 0.717) is 16.0 Å². The van der Waals surface area contributed by atoms with Crippen molar-refractivity contribution in [3.63, 3.8) is 0 Å². The van der Waals surface area contributed by atoms with Gasteiger partial charge >= 0.3 is 6.18 Å². The number of rotatable bonds is 4. The Morgan fingerprint density at radius 2 is 1.88 bits per heavy atom. The molecule has 0 aliphatic rings. The van der Waals surface area contributed by atoms with Crippen molar-refractivity contribution in [1.29, 1.82) is 0 Å². The quantitative estimate of drug-likeness (QED) is 0.361. The standard InChI is InChI=1S/C18H14F3N3S2/c19-18(20,21)14-11-25-15-8-4-7-13(16(14)15)9-23-24-17(22)26-10-12-5-2-1-3-6-12/h1-9,11H,10H2,(H2,22,24). The average molecular weight is 393 g/mol. The van der Waals surface area contributed by atoms with Crippen LogP contribution in [0.5, 0.6) is 0 Å². The lowest BCUT2D eigenvalue weighted by Crippen LogP contribution is -2.06. The number of benzene rings is 2. The topological polar surface area (TPSA) is 50.7 Å². The van der Waals surface area contributed by atoms with Crippen LogP contribution in [0, 0.1) is 0 Å². The molecule has 8 heteroatoms. The van der Waals surface area contributed by atoms with Crippen molar-refractivity contribution in [2.75, 3.05) is 0 Å². The van der Waals surface area contributed by atoms with Crippen LogP contribution in [0.4, 0.5) is 13.2 Å². The van der Waals surface area contributed by atoms with Crippen molar-refractivity contribution in [2.24, 2.45) is 15.9 Å². The minimum Gasteiger partial charge on any atom is -0.377 e. The number of amidine groups is 1. The Morgan fingerprint density at radius 1 is 1.12 bits per heavy atom. The first kappa shape index (κ1) is 18.5. The molecule has 2 aromatic carbocycles. The van der Waals surface area contributed by atoms with Gasteiger partial charge in [-0.05, 0) is 11.6 Å². The summed E-state index contributed by atoms with van der Waals surface area (Å²) in [5.41, 5.74) is 6.60. The summed E-state index contributed by atoms with van der Waals surface area (Å²) in [5.74, 6) is 0.643. The maximum Gasteiger partial charge on any atom is 0.417 e. The van der Waals surface area contributed by atoms with Crippen LogP contribution >= 0.6 is 23.1 Å². The lowest BCUT2D eigenvalue weighted by molar-refractivity contribution is -0.136. The molecule has 1 aromatic heterocycles. The first-order valence-electron chi connectivity index (χ1n) is 7.56. The predicted molar refractivity (Wildman–Crippen MR) is 104 cm³/mol. The highest BCUT2D eigenvalue weighted by Crippen LogP contribution is 2.39. The van der Waals surface area contributed by atoms with Crippen LogP contribution in [0.1, 0.15) is 16.7 Å². The molecule has 0 amide bonds. The number of fused-ring (bicyclic) bond motifs is 1. The highest BCUT2D eigenvalue weighted by atomic mass is 32.2. The summed E-state index contributed by atoms with van der Waals surface area (Å²) in [6.45, 7) is 0. The Labute approximate surface area is 156 Å². The molecular formula is C18H14F3N3S2. The molecule has 0 saturated carbocycles. The predicted octanol–water partition coefficient (Wildman–Crippen LogP) is 5.50. The van der Waals surface area contributed by atoms with Crippen LogP contribution in [-0.4, -0.2) is 11.4 Å². The third kappa shape index (κ3) is 4.44. The third-order valence-corrected chi connectivity index (χ3v) is 5.32.